The molecule has 2 unspecified atom stereocenters. The van der Waals surface area contributed by atoms with Gasteiger partial charge in [0.15, 0.2) is 0 Å². The molecular formula is C46H54N10O4. The summed E-state index contributed by atoms with van der Waals surface area (Å²) in [5, 5.41) is 15.5. The summed E-state index contributed by atoms with van der Waals surface area (Å²) >= 11 is 0. The summed E-state index contributed by atoms with van der Waals surface area (Å²) in [5.41, 5.74) is 15.0. The molecule has 14 heteroatoms. The molecule has 4 N–H and O–H groups in total. The fourth-order valence-corrected chi connectivity index (χ4v) is 8.13. The monoisotopic (exact) mass is 810 g/mol. The molecule has 14 nitrogen and oxygen atoms in total. The smallest absolute Gasteiger partial charge is 0.295 e. The molecule has 2 atom stereocenters. The largest absolute Gasteiger partial charge is 0.383 e. The van der Waals surface area contributed by atoms with Gasteiger partial charge in [-0.15, -0.1) is 0 Å². The van der Waals surface area contributed by atoms with Gasteiger partial charge >= 0.3 is 0 Å². The first-order valence-electron chi connectivity index (χ1n) is 20.6. The number of piperidine rings is 2. The van der Waals surface area contributed by atoms with E-state index in [-0.39, 0.29) is 52.5 Å². The number of hydrogen-bond acceptors (Lipinski definition) is 12. The van der Waals surface area contributed by atoms with E-state index in [1.54, 1.807) is 18.1 Å². The minimum atomic E-state index is -0.368. The highest BCUT2D eigenvalue weighted by Gasteiger charge is 2.30. The Kier molecular flexibility index (Phi) is 12.0. The van der Waals surface area contributed by atoms with Crippen LogP contribution in [0.15, 0.2) is 65.6 Å². The van der Waals surface area contributed by atoms with Crippen LogP contribution < -0.4 is 11.1 Å². The minimum Gasteiger partial charge on any atom is -0.383 e. The number of carbonyl (C=O) groups is 3. The van der Waals surface area contributed by atoms with E-state index < -0.39 is 0 Å². The number of aryl methyl sites for hydroxylation is 2. The van der Waals surface area contributed by atoms with Crippen molar-refractivity contribution < 1.29 is 18.9 Å². The van der Waals surface area contributed by atoms with Crippen LogP contribution in [-0.2, 0) is 21.4 Å². The zero-order valence-corrected chi connectivity index (χ0v) is 35.5. The van der Waals surface area contributed by atoms with E-state index in [1.165, 1.54) is 5.56 Å². The SMILES string of the molecule is Cc1cc(CCN2CCC(c3ccc(-c4cnc(N)c(C(=N)c5ccc(C(C)N(C)C(=O)c6noc(C(C)(C)C)n6)c(C)c5)c4)nc3)CC2)ncc1C1CCC(=O)NC1=O. The number of amides is 3. The maximum Gasteiger partial charge on any atom is 0.295 e. The number of hydrogen-bond donors (Lipinski definition) is 3. The van der Waals surface area contributed by atoms with Crippen molar-refractivity contribution in [2.45, 2.75) is 96.9 Å². The van der Waals surface area contributed by atoms with E-state index >= 15 is 0 Å². The van der Waals surface area contributed by atoms with E-state index in [4.69, 9.17) is 20.7 Å². The number of pyridine rings is 3. The Bertz CT molecular complexity index is 2430. The Labute approximate surface area is 350 Å². The predicted octanol–water partition coefficient (Wildman–Crippen LogP) is 6.61. The predicted molar refractivity (Wildman–Crippen MR) is 229 cm³/mol. The molecular weight excluding hydrogens is 757 g/mol. The van der Waals surface area contributed by atoms with Gasteiger partial charge in [0.1, 0.15) is 5.82 Å². The highest BCUT2D eigenvalue weighted by Crippen LogP contribution is 2.32. The number of aromatic nitrogens is 5. The number of nitrogen functional groups attached to an aromatic ring is 1. The third-order valence-electron chi connectivity index (χ3n) is 12.0. The second-order valence-corrected chi connectivity index (χ2v) is 17.2. The molecule has 7 rings (SSSR count). The molecule has 0 saturated carbocycles. The van der Waals surface area contributed by atoms with Crippen LogP contribution in [0.3, 0.4) is 0 Å². The molecule has 0 aliphatic carbocycles. The van der Waals surface area contributed by atoms with Crippen LogP contribution in [0, 0.1) is 19.3 Å². The van der Waals surface area contributed by atoms with Gasteiger partial charge in [0, 0.05) is 72.8 Å². The van der Waals surface area contributed by atoms with Crippen LogP contribution >= 0.6 is 0 Å². The molecule has 5 aromatic rings. The number of rotatable bonds is 11. The maximum absolute atomic E-state index is 13.3. The van der Waals surface area contributed by atoms with Crippen LogP contribution in [-0.4, -0.2) is 85.0 Å². The van der Waals surface area contributed by atoms with Gasteiger partial charge < -0.3 is 20.1 Å². The molecule has 0 bridgehead atoms. The Morgan fingerprint density at radius 2 is 1.77 bits per heavy atom. The molecule has 2 saturated heterocycles. The number of benzene rings is 1. The summed E-state index contributed by atoms with van der Waals surface area (Å²) < 4.78 is 5.34. The van der Waals surface area contributed by atoms with Gasteiger partial charge in [-0.2, -0.15) is 4.98 Å². The van der Waals surface area contributed by atoms with Gasteiger partial charge in [0.05, 0.1) is 23.4 Å². The molecule has 0 radical (unpaired) electrons. The fourth-order valence-electron chi connectivity index (χ4n) is 8.13. The van der Waals surface area contributed by atoms with Crippen LogP contribution in [0.5, 0.6) is 0 Å². The van der Waals surface area contributed by atoms with Gasteiger partial charge in [0.25, 0.3) is 11.7 Å². The van der Waals surface area contributed by atoms with Crippen LogP contribution in [0.2, 0.25) is 0 Å². The quantitative estimate of drug-likeness (QED) is 0.0959. The van der Waals surface area contributed by atoms with Crippen LogP contribution in [0.1, 0.15) is 132 Å². The van der Waals surface area contributed by atoms with E-state index in [9.17, 15) is 14.4 Å². The first-order chi connectivity index (χ1) is 28.6. The van der Waals surface area contributed by atoms with E-state index in [0.29, 0.717) is 35.8 Å². The Balaban J connectivity index is 0.941. The zero-order valence-electron chi connectivity index (χ0n) is 35.5. The average molecular weight is 811 g/mol. The summed E-state index contributed by atoms with van der Waals surface area (Å²) in [6, 6.07) is 13.6. The number of anilines is 1. The zero-order chi connectivity index (χ0) is 42.9. The van der Waals surface area contributed by atoms with Crippen molar-refractivity contribution in [3.63, 3.8) is 0 Å². The lowest BCUT2D eigenvalue weighted by Gasteiger charge is -2.32. The van der Waals surface area contributed by atoms with Gasteiger partial charge in [-0.05, 0) is 111 Å². The normalized spacial score (nSPS) is 17.0. The molecule has 4 aromatic heterocycles. The summed E-state index contributed by atoms with van der Waals surface area (Å²) in [6.45, 7) is 14.7. The van der Waals surface area contributed by atoms with Crippen molar-refractivity contribution in [2.24, 2.45) is 0 Å². The number of nitrogens with one attached hydrogen (secondary N) is 2. The second-order valence-electron chi connectivity index (χ2n) is 17.2. The Hall–Kier alpha value is -6.15. The topological polar surface area (TPSA) is 197 Å². The fraction of sp³-hybridized carbons (Fsp3) is 0.413. The molecule has 312 valence electrons. The van der Waals surface area contributed by atoms with Gasteiger partial charge in [-0.25, -0.2) is 4.98 Å². The van der Waals surface area contributed by atoms with Crippen molar-refractivity contribution in [1.29, 1.82) is 5.41 Å². The summed E-state index contributed by atoms with van der Waals surface area (Å²) in [4.78, 5) is 59.6. The van der Waals surface area contributed by atoms with Crippen molar-refractivity contribution in [3.8, 4) is 11.3 Å². The van der Waals surface area contributed by atoms with E-state index in [0.717, 1.165) is 78.1 Å². The van der Waals surface area contributed by atoms with Crippen molar-refractivity contribution >= 4 is 29.3 Å². The Morgan fingerprint density at radius 3 is 2.42 bits per heavy atom. The lowest BCUT2D eigenvalue weighted by atomic mass is 9.88. The van der Waals surface area contributed by atoms with Gasteiger partial charge in [-0.1, -0.05) is 44.1 Å². The summed E-state index contributed by atoms with van der Waals surface area (Å²) in [6.07, 6.45) is 9.25. The van der Waals surface area contributed by atoms with Crippen LogP contribution in [0.4, 0.5) is 5.82 Å². The molecule has 3 amide bonds. The first-order valence-corrected chi connectivity index (χ1v) is 20.6. The number of likely N-dealkylation sites (tertiary alicyclic amines) is 1. The third kappa shape index (κ3) is 9.03. The molecule has 6 heterocycles. The van der Waals surface area contributed by atoms with Crippen molar-refractivity contribution in [1.82, 2.24) is 40.2 Å². The Morgan fingerprint density at radius 1 is 1.00 bits per heavy atom. The molecule has 60 heavy (non-hydrogen) atoms. The minimum absolute atomic E-state index is 0.0218. The standard InChI is InChI=1S/C46H54N10O4/c1-26-20-30(8-10-34(26)28(3)55(7)44(59)42-53-45(60-54-42)46(4,5)6)40(47)36-22-32(24-51-41(36)48)38-12-9-31(23-50-38)29-14-17-56(18-15-29)19-16-33-21-27(2)37(25-49-33)35-11-13-39(57)52-43(35)58/h8-10,12,20-25,28-29,35,47H,11,13-19H2,1-7H3,(H2,48,51)(H,52,57,58). The highest BCUT2D eigenvalue weighted by atomic mass is 16.5. The number of nitrogens with two attached hydrogens (primary N) is 1. The lowest BCUT2D eigenvalue weighted by Crippen LogP contribution is -2.39. The third-order valence-corrected chi connectivity index (χ3v) is 12.0. The first kappa shape index (κ1) is 42.0. The lowest BCUT2D eigenvalue weighted by molar-refractivity contribution is -0.134. The molecule has 1 aromatic carbocycles. The molecule has 2 aliphatic heterocycles. The highest BCUT2D eigenvalue weighted by molar-refractivity contribution is 6.14. The van der Waals surface area contributed by atoms with Gasteiger partial charge in [0.2, 0.25) is 17.7 Å². The number of imide groups is 1. The summed E-state index contributed by atoms with van der Waals surface area (Å²) in [7, 11) is 1.72. The van der Waals surface area contributed by atoms with Gasteiger partial charge in [-0.3, -0.25) is 35.1 Å². The average Bonchev–Trinajstić information content (AvgIpc) is 3.75. The molecule has 2 fully saturated rings. The second kappa shape index (κ2) is 17.2. The number of nitrogens with zero attached hydrogens (tertiary/aromatic N) is 7. The van der Waals surface area contributed by atoms with E-state index in [1.807, 2.05) is 84.3 Å². The molecule has 0 spiro atoms. The van der Waals surface area contributed by atoms with Crippen LogP contribution in [0.25, 0.3) is 11.3 Å². The van der Waals surface area contributed by atoms with E-state index in [2.05, 4.69) is 42.5 Å². The summed E-state index contributed by atoms with van der Waals surface area (Å²) in [5.74, 6) is 0.00129. The maximum atomic E-state index is 13.3. The number of carbonyl (C=O) groups excluding carboxylic acids is 3. The van der Waals surface area contributed by atoms with Crippen molar-refractivity contribution in [2.75, 3.05) is 32.4 Å². The molecule has 2 aliphatic rings. The van der Waals surface area contributed by atoms with Crippen molar-refractivity contribution in [3.05, 3.63) is 117 Å².